The molecular weight excluding hydrogens is 624 g/mol. The van der Waals surface area contributed by atoms with Gasteiger partial charge in [-0.2, -0.15) is 4.31 Å². The van der Waals surface area contributed by atoms with Gasteiger partial charge in [-0.25, -0.2) is 18.2 Å². The lowest BCUT2D eigenvalue weighted by molar-refractivity contribution is -0.121. The van der Waals surface area contributed by atoms with Crippen LogP contribution in [0.5, 0.6) is 0 Å². The van der Waals surface area contributed by atoms with Crippen LogP contribution in [0.2, 0.25) is 5.02 Å². The predicted octanol–water partition coefficient (Wildman–Crippen LogP) is 5.37. The van der Waals surface area contributed by atoms with Gasteiger partial charge in [0.05, 0.1) is 24.9 Å². The minimum absolute atomic E-state index is 0.0303. The van der Waals surface area contributed by atoms with Crippen molar-refractivity contribution in [3.8, 4) is 10.4 Å². The normalized spacial score (nSPS) is 20.9. The van der Waals surface area contributed by atoms with Gasteiger partial charge < -0.3 is 19.6 Å². The van der Waals surface area contributed by atoms with Crippen LogP contribution in [0.1, 0.15) is 48.2 Å². The number of anilines is 2. The number of rotatable bonds is 7. The molecule has 0 spiro atoms. The van der Waals surface area contributed by atoms with Crippen molar-refractivity contribution in [1.29, 1.82) is 0 Å². The number of hydrogen-bond acceptors (Lipinski definition) is 8. The van der Waals surface area contributed by atoms with Gasteiger partial charge in [-0.3, -0.25) is 4.79 Å². The number of sulfonamides is 1. The Labute approximate surface area is 266 Å². The molecule has 3 aromatic rings. The van der Waals surface area contributed by atoms with Crippen LogP contribution in [-0.4, -0.2) is 80.1 Å². The molecule has 4 heterocycles. The van der Waals surface area contributed by atoms with Crippen LogP contribution >= 0.6 is 22.9 Å². The number of pyridine rings is 1. The van der Waals surface area contributed by atoms with Crippen LogP contribution in [-0.2, 0) is 19.6 Å². The summed E-state index contributed by atoms with van der Waals surface area (Å²) in [5.41, 5.74) is 1.11. The number of carboxylic acid groups (broad SMARTS) is 1. The molecule has 1 aromatic carbocycles. The molecular formula is C31H35ClN4O6S2. The molecule has 3 fully saturated rings. The first kappa shape index (κ1) is 31.0. The van der Waals surface area contributed by atoms with E-state index in [2.05, 4.69) is 9.88 Å². The van der Waals surface area contributed by atoms with Crippen molar-refractivity contribution in [2.75, 3.05) is 49.2 Å². The summed E-state index contributed by atoms with van der Waals surface area (Å²) in [7, 11) is -4.04. The zero-order chi connectivity index (χ0) is 30.8. The summed E-state index contributed by atoms with van der Waals surface area (Å²) in [6.45, 7) is 2.42. The molecule has 2 aliphatic heterocycles. The van der Waals surface area contributed by atoms with E-state index in [-0.39, 0.29) is 28.8 Å². The maximum atomic E-state index is 14.0. The van der Waals surface area contributed by atoms with Gasteiger partial charge in [0, 0.05) is 42.3 Å². The average Bonchev–Trinajstić information content (AvgIpc) is 3.29. The van der Waals surface area contributed by atoms with Gasteiger partial charge in [-0.05, 0) is 61.1 Å². The SMILES string of the molecule is O=C(O)c1sc(-c2ccc(Cl)cc2)cc1N1C(=O)CN(S(=O)(=O)c2ccc(N3CCCOCC3)nc2)CC1C1CCCCC1. The van der Waals surface area contributed by atoms with E-state index in [1.165, 1.54) is 10.5 Å². The molecule has 2 saturated heterocycles. The molecule has 234 valence electrons. The largest absolute Gasteiger partial charge is 0.477 e. The average molecular weight is 659 g/mol. The highest BCUT2D eigenvalue weighted by molar-refractivity contribution is 7.89. The van der Waals surface area contributed by atoms with Crippen molar-refractivity contribution >= 4 is 56.3 Å². The van der Waals surface area contributed by atoms with E-state index in [1.807, 2.05) is 12.1 Å². The fraction of sp³-hybridized carbons (Fsp3) is 0.452. The van der Waals surface area contributed by atoms with Crippen LogP contribution in [0.15, 0.2) is 53.6 Å². The Bertz CT molecular complexity index is 1600. The van der Waals surface area contributed by atoms with Gasteiger partial charge in [-0.15, -0.1) is 11.3 Å². The highest BCUT2D eigenvalue weighted by Gasteiger charge is 2.44. The number of aromatic carboxylic acids is 1. The minimum atomic E-state index is -4.04. The summed E-state index contributed by atoms with van der Waals surface area (Å²) in [6, 6.07) is 11.6. The van der Waals surface area contributed by atoms with Crippen molar-refractivity contribution < 1.29 is 27.9 Å². The minimum Gasteiger partial charge on any atom is -0.477 e. The number of nitrogens with zero attached hydrogens (tertiary/aromatic N) is 4. The summed E-state index contributed by atoms with van der Waals surface area (Å²) < 4.78 is 34.6. The quantitative estimate of drug-likeness (QED) is 0.360. The van der Waals surface area contributed by atoms with Gasteiger partial charge in [0.2, 0.25) is 15.9 Å². The molecule has 0 radical (unpaired) electrons. The van der Waals surface area contributed by atoms with E-state index in [4.69, 9.17) is 16.3 Å². The number of halogens is 1. The molecule has 1 saturated carbocycles. The first-order chi connectivity index (χ1) is 21.2. The van der Waals surface area contributed by atoms with Crippen LogP contribution in [0.3, 0.4) is 0 Å². The van der Waals surface area contributed by atoms with Crippen LogP contribution in [0, 0.1) is 5.92 Å². The highest BCUT2D eigenvalue weighted by Crippen LogP contribution is 2.42. The number of hydrogen-bond donors (Lipinski definition) is 1. The second-order valence-corrected chi connectivity index (χ2v) is 14.9. The van der Waals surface area contributed by atoms with Crippen LogP contribution < -0.4 is 9.80 Å². The number of ether oxygens (including phenoxy) is 1. The van der Waals surface area contributed by atoms with E-state index in [9.17, 15) is 23.1 Å². The summed E-state index contributed by atoms with van der Waals surface area (Å²) in [6.07, 6.45) is 6.96. The Morgan fingerprint density at radius 3 is 2.50 bits per heavy atom. The smallest absolute Gasteiger partial charge is 0.348 e. The van der Waals surface area contributed by atoms with Crippen LogP contribution in [0.4, 0.5) is 11.5 Å². The van der Waals surface area contributed by atoms with Crippen molar-refractivity contribution in [2.24, 2.45) is 5.92 Å². The van der Waals surface area contributed by atoms with E-state index in [0.717, 1.165) is 62.0 Å². The predicted molar refractivity (Wildman–Crippen MR) is 170 cm³/mol. The van der Waals surface area contributed by atoms with Crippen molar-refractivity contribution in [2.45, 2.75) is 49.5 Å². The zero-order valence-corrected chi connectivity index (χ0v) is 26.6. The van der Waals surface area contributed by atoms with E-state index < -0.39 is 27.9 Å². The highest BCUT2D eigenvalue weighted by atomic mass is 35.5. The monoisotopic (exact) mass is 658 g/mol. The number of amides is 1. The summed E-state index contributed by atoms with van der Waals surface area (Å²) in [4.78, 5) is 35.3. The topological polar surface area (TPSA) is 120 Å². The maximum Gasteiger partial charge on any atom is 0.348 e. The summed E-state index contributed by atoms with van der Waals surface area (Å²) in [5, 5.41) is 10.7. The molecule has 1 unspecified atom stereocenters. The van der Waals surface area contributed by atoms with E-state index in [1.54, 1.807) is 35.2 Å². The lowest BCUT2D eigenvalue weighted by Gasteiger charge is -2.44. The third-order valence-corrected chi connectivity index (χ3v) is 11.9. The molecule has 2 aromatic heterocycles. The molecule has 44 heavy (non-hydrogen) atoms. The fourth-order valence-electron chi connectivity index (χ4n) is 6.45. The number of carbonyl (C=O) groups is 2. The number of thiophene rings is 1. The first-order valence-electron chi connectivity index (χ1n) is 15.0. The first-order valence-corrected chi connectivity index (χ1v) is 17.6. The Morgan fingerprint density at radius 2 is 1.80 bits per heavy atom. The lowest BCUT2D eigenvalue weighted by Crippen LogP contribution is -2.60. The molecule has 13 heteroatoms. The molecule has 10 nitrogen and oxygen atoms in total. The Balaban J connectivity index is 1.32. The van der Waals surface area contributed by atoms with E-state index in [0.29, 0.717) is 41.2 Å². The molecule has 1 aliphatic carbocycles. The number of benzene rings is 1. The van der Waals surface area contributed by atoms with Crippen molar-refractivity contribution in [3.05, 3.63) is 58.6 Å². The number of carbonyl (C=O) groups excluding carboxylic acids is 1. The summed E-state index contributed by atoms with van der Waals surface area (Å²) in [5.74, 6) is -0.840. The number of piperazine rings is 1. The van der Waals surface area contributed by atoms with Crippen molar-refractivity contribution in [3.63, 3.8) is 0 Å². The molecule has 3 aliphatic rings. The maximum absolute atomic E-state index is 14.0. The number of carboxylic acids is 1. The summed E-state index contributed by atoms with van der Waals surface area (Å²) >= 11 is 7.17. The Morgan fingerprint density at radius 1 is 1.02 bits per heavy atom. The molecule has 1 amide bonds. The zero-order valence-electron chi connectivity index (χ0n) is 24.2. The number of aromatic nitrogens is 1. The van der Waals surface area contributed by atoms with Gasteiger partial charge in [0.1, 0.15) is 15.6 Å². The van der Waals surface area contributed by atoms with Gasteiger partial charge in [0.25, 0.3) is 0 Å². The third kappa shape index (κ3) is 6.36. The second-order valence-electron chi connectivity index (χ2n) is 11.5. The lowest BCUT2D eigenvalue weighted by atomic mass is 9.82. The molecule has 1 N–H and O–H groups in total. The van der Waals surface area contributed by atoms with Crippen molar-refractivity contribution in [1.82, 2.24) is 9.29 Å². The third-order valence-electron chi connectivity index (χ3n) is 8.70. The second kappa shape index (κ2) is 13.1. The fourth-order valence-corrected chi connectivity index (χ4v) is 8.92. The Hall–Kier alpha value is -3.03. The standard InChI is InChI=1S/C31H35ClN4O6S2/c32-23-9-7-22(8-10-23)27-17-25(30(43-27)31(38)39)36-26(21-5-2-1-3-6-21)19-35(20-29(36)37)44(40,41)24-11-12-28(33-18-24)34-13-4-15-42-16-14-34/h7-12,17-18,21,26H,1-6,13-16,19-20H2,(H,38,39). The molecule has 0 bridgehead atoms. The molecule has 1 atom stereocenters. The van der Waals surface area contributed by atoms with Gasteiger partial charge in [0.15, 0.2) is 0 Å². The Kier molecular flexibility index (Phi) is 9.25. The van der Waals surface area contributed by atoms with Gasteiger partial charge >= 0.3 is 5.97 Å². The van der Waals surface area contributed by atoms with Gasteiger partial charge in [-0.1, -0.05) is 43.0 Å². The van der Waals surface area contributed by atoms with E-state index >= 15 is 0 Å². The van der Waals surface area contributed by atoms with Crippen LogP contribution in [0.25, 0.3) is 10.4 Å². The molecule has 6 rings (SSSR count).